The van der Waals surface area contributed by atoms with Crippen LogP contribution >= 0.6 is 11.3 Å². The molecule has 1 fully saturated rings. The van der Waals surface area contributed by atoms with E-state index in [1.165, 1.54) is 10.1 Å². The van der Waals surface area contributed by atoms with Gasteiger partial charge >= 0.3 is 0 Å². The quantitative estimate of drug-likeness (QED) is 0.701. The van der Waals surface area contributed by atoms with Gasteiger partial charge in [0.2, 0.25) is 5.91 Å². The maximum atomic E-state index is 13.0. The minimum Gasteiger partial charge on any atom is -0.376 e. The maximum Gasteiger partial charge on any atom is 0.227 e. The molecule has 5 rings (SSSR count). The Bertz CT molecular complexity index is 986. The Morgan fingerprint density at radius 3 is 3.23 bits per heavy atom. The van der Waals surface area contributed by atoms with Crippen LogP contribution in [0.25, 0.3) is 10.1 Å². The van der Waals surface area contributed by atoms with Crippen LogP contribution in [0.2, 0.25) is 0 Å². The normalized spacial score (nSPS) is 22.1. The Kier molecular flexibility index (Phi) is 3.76. The smallest absolute Gasteiger partial charge is 0.227 e. The summed E-state index contributed by atoms with van der Waals surface area (Å²) in [6, 6.07) is 8.28. The number of fused-ring (bicyclic) bond motifs is 3. The van der Waals surface area contributed by atoms with E-state index in [0.717, 1.165) is 29.8 Å². The molecule has 0 unspecified atom stereocenters. The first-order valence-corrected chi connectivity index (χ1v) is 9.73. The van der Waals surface area contributed by atoms with Crippen LogP contribution < -0.4 is 0 Å². The van der Waals surface area contributed by atoms with Gasteiger partial charge in [0, 0.05) is 29.5 Å². The first-order chi connectivity index (χ1) is 12.8. The van der Waals surface area contributed by atoms with Gasteiger partial charge in [0.05, 0.1) is 30.7 Å². The van der Waals surface area contributed by atoms with Gasteiger partial charge in [-0.3, -0.25) is 4.79 Å². The Morgan fingerprint density at radius 2 is 2.27 bits per heavy atom. The van der Waals surface area contributed by atoms with Gasteiger partial charge in [0.1, 0.15) is 6.33 Å². The van der Waals surface area contributed by atoms with Gasteiger partial charge in [-0.05, 0) is 28.8 Å². The lowest BCUT2D eigenvalue weighted by Crippen LogP contribution is -2.41. The van der Waals surface area contributed by atoms with Crippen LogP contribution in [-0.2, 0) is 28.0 Å². The van der Waals surface area contributed by atoms with Crippen LogP contribution in [0.1, 0.15) is 23.2 Å². The van der Waals surface area contributed by atoms with E-state index in [-0.39, 0.29) is 11.3 Å². The van der Waals surface area contributed by atoms with Crippen molar-refractivity contribution in [2.45, 2.75) is 24.9 Å². The molecule has 3 aromatic rings. The predicted molar refractivity (Wildman–Crippen MR) is 100 cm³/mol. The first-order valence-electron chi connectivity index (χ1n) is 8.85. The molecule has 1 atom stereocenters. The number of carbonyl (C=O) groups is 1. The largest absolute Gasteiger partial charge is 0.376 e. The highest BCUT2D eigenvalue weighted by atomic mass is 32.1. The lowest BCUT2D eigenvalue weighted by molar-refractivity contribution is -0.129. The molecule has 2 aliphatic heterocycles. The zero-order valence-electron chi connectivity index (χ0n) is 14.4. The second-order valence-corrected chi connectivity index (χ2v) is 8.08. The number of likely N-dealkylation sites (tertiary alicyclic amines) is 1. The third kappa shape index (κ3) is 2.52. The minimum atomic E-state index is -0.178. The molecule has 0 aliphatic carbocycles. The van der Waals surface area contributed by atoms with Gasteiger partial charge in [-0.1, -0.05) is 18.2 Å². The van der Waals surface area contributed by atoms with E-state index in [1.54, 1.807) is 17.7 Å². The fourth-order valence-electron chi connectivity index (χ4n) is 4.21. The van der Waals surface area contributed by atoms with E-state index in [0.29, 0.717) is 26.2 Å². The summed E-state index contributed by atoms with van der Waals surface area (Å²) < 4.78 is 7.04. The molecular formula is C20H19N3O2S. The number of ether oxygens (including phenoxy) is 1. The Labute approximate surface area is 155 Å². The van der Waals surface area contributed by atoms with Crippen molar-refractivity contribution in [2.24, 2.45) is 0 Å². The molecule has 5 nitrogen and oxygen atoms in total. The van der Waals surface area contributed by atoms with Gasteiger partial charge in [-0.2, -0.15) is 0 Å². The number of carbonyl (C=O) groups excluding carboxylic acids is 1. The van der Waals surface area contributed by atoms with Crippen molar-refractivity contribution in [3.63, 3.8) is 0 Å². The average molecular weight is 365 g/mol. The lowest BCUT2D eigenvalue weighted by atomic mass is 9.81. The highest BCUT2D eigenvalue weighted by Gasteiger charge is 2.45. The van der Waals surface area contributed by atoms with Crippen molar-refractivity contribution in [1.29, 1.82) is 0 Å². The third-order valence-corrected chi connectivity index (χ3v) is 6.55. The van der Waals surface area contributed by atoms with Gasteiger partial charge in [0.15, 0.2) is 0 Å². The summed E-state index contributed by atoms with van der Waals surface area (Å²) >= 11 is 1.70. The van der Waals surface area contributed by atoms with Crippen molar-refractivity contribution in [1.82, 2.24) is 14.9 Å². The summed E-state index contributed by atoms with van der Waals surface area (Å²) in [7, 11) is 0. The number of hydrogen-bond donors (Lipinski definition) is 0. The molecule has 1 amide bonds. The molecule has 1 spiro atoms. The number of rotatable bonds is 2. The van der Waals surface area contributed by atoms with Gasteiger partial charge in [-0.25, -0.2) is 9.97 Å². The summed E-state index contributed by atoms with van der Waals surface area (Å²) in [4.78, 5) is 23.6. The number of hydrogen-bond acceptors (Lipinski definition) is 5. The third-order valence-electron chi connectivity index (χ3n) is 5.54. The van der Waals surface area contributed by atoms with Gasteiger partial charge < -0.3 is 9.64 Å². The van der Waals surface area contributed by atoms with E-state index in [4.69, 9.17) is 4.74 Å². The highest BCUT2D eigenvalue weighted by Crippen LogP contribution is 2.39. The minimum absolute atomic E-state index is 0.178. The lowest BCUT2D eigenvalue weighted by Gasteiger charge is -2.33. The van der Waals surface area contributed by atoms with E-state index >= 15 is 0 Å². The van der Waals surface area contributed by atoms with Crippen LogP contribution in [0.4, 0.5) is 0 Å². The summed E-state index contributed by atoms with van der Waals surface area (Å²) in [5.74, 6) is 0.187. The Balaban J connectivity index is 1.37. The second-order valence-electron chi connectivity index (χ2n) is 7.17. The monoisotopic (exact) mass is 365 g/mol. The molecule has 2 aromatic heterocycles. The molecule has 0 bridgehead atoms. The molecule has 1 aromatic carbocycles. The van der Waals surface area contributed by atoms with Crippen molar-refractivity contribution in [3.8, 4) is 0 Å². The molecule has 4 heterocycles. The predicted octanol–water partition coefficient (Wildman–Crippen LogP) is 2.93. The molecule has 1 saturated heterocycles. The zero-order chi connectivity index (χ0) is 17.6. The van der Waals surface area contributed by atoms with Crippen molar-refractivity contribution in [3.05, 3.63) is 59.0 Å². The summed E-state index contributed by atoms with van der Waals surface area (Å²) in [5.41, 5.74) is 3.06. The standard InChI is InChI=1S/C20H19N3O2S/c24-18(7-14-10-26-17-4-2-1-3-16(14)17)23-6-5-20(11-23)12-25-9-15-8-21-13-22-19(15)20/h1-4,8,10,13H,5-7,9,11-12H2/t20-/m1/s1. The molecule has 0 saturated carbocycles. The van der Waals surface area contributed by atoms with Crippen molar-refractivity contribution < 1.29 is 9.53 Å². The van der Waals surface area contributed by atoms with Crippen LogP contribution in [0.15, 0.2) is 42.2 Å². The van der Waals surface area contributed by atoms with Crippen LogP contribution in [0.5, 0.6) is 0 Å². The van der Waals surface area contributed by atoms with Gasteiger partial charge in [-0.15, -0.1) is 11.3 Å². The fourth-order valence-corrected chi connectivity index (χ4v) is 5.17. The summed E-state index contributed by atoms with van der Waals surface area (Å²) in [6.45, 7) is 2.63. The average Bonchev–Trinajstić information content (AvgIpc) is 3.28. The molecule has 132 valence electrons. The van der Waals surface area contributed by atoms with Crippen molar-refractivity contribution in [2.75, 3.05) is 19.7 Å². The topological polar surface area (TPSA) is 55.3 Å². The molecule has 6 heteroatoms. The van der Waals surface area contributed by atoms with E-state index < -0.39 is 0 Å². The fraction of sp³-hybridized carbons (Fsp3) is 0.350. The van der Waals surface area contributed by atoms with Crippen LogP contribution in [0, 0.1) is 0 Å². The molecular weight excluding hydrogens is 346 g/mol. The first kappa shape index (κ1) is 15.9. The zero-order valence-corrected chi connectivity index (χ0v) is 15.2. The molecule has 2 aliphatic rings. The Morgan fingerprint density at radius 1 is 1.35 bits per heavy atom. The summed E-state index contributed by atoms with van der Waals surface area (Å²) in [6.07, 6.45) is 4.80. The summed E-state index contributed by atoms with van der Waals surface area (Å²) in [5, 5.41) is 3.31. The Hall–Kier alpha value is -2.31. The van der Waals surface area contributed by atoms with E-state index in [2.05, 4.69) is 27.5 Å². The maximum absolute atomic E-state index is 13.0. The van der Waals surface area contributed by atoms with Crippen LogP contribution in [0.3, 0.4) is 0 Å². The number of nitrogens with zero attached hydrogens (tertiary/aromatic N) is 3. The number of benzene rings is 1. The van der Waals surface area contributed by atoms with Crippen molar-refractivity contribution >= 4 is 27.3 Å². The SMILES string of the molecule is O=C(Cc1csc2ccccc12)N1CC[C@]2(COCc3cncnc32)C1. The number of amides is 1. The van der Waals surface area contributed by atoms with E-state index in [1.807, 2.05) is 23.2 Å². The van der Waals surface area contributed by atoms with Gasteiger partial charge in [0.25, 0.3) is 0 Å². The highest BCUT2D eigenvalue weighted by molar-refractivity contribution is 7.17. The molecule has 0 radical (unpaired) electrons. The number of thiophene rings is 1. The van der Waals surface area contributed by atoms with E-state index in [9.17, 15) is 4.79 Å². The molecule has 0 N–H and O–H groups in total. The van der Waals surface area contributed by atoms with Crippen LogP contribution in [-0.4, -0.2) is 40.5 Å². The number of aromatic nitrogens is 2. The molecule has 26 heavy (non-hydrogen) atoms. The second kappa shape index (κ2) is 6.14.